The molecule has 1 saturated heterocycles. The molecule has 1 aromatic rings. The zero-order valence-corrected chi connectivity index (χ0v) is 7.73. The zero-order valence-electron chi connectivity index (χ0n) is 7.73. The molecule has 14 heavy (non-hydrogen) atoms. The van der Waals surface area contributed by atoms with Crippen LogP contribution in [0.5, 0.6) is 0 Å². The average Bonchev–Trinajstić information content (AvgIpc) is 2.47. The molecule has 4 nitrogen and oxygen atoms in total. The van der Waals surface area contributed by atoms with Crippen molar-refractivity contribution in [2.75, 3.05) is 11.4 Å². The summed E-state index contributed by atoms with van der Waals surface area (Å²) in [7, 11) is 0. The van der Waals surface area contributed by atoms with Crippen molar-refractivity contribution in [3.63, 3.8) is 0 Å². The topological polar surface area (TPSA) is 51.5 Å². The second-order valence-electron chi connectivity index (χ2n) is 3.21. The van der Waals surface area contributed by atoms with E-state index in [0.717, 1.165) is 11.3 Å². The minimum absolute atomic E-state index is 0.0574. The predicted octanol–water partition coefficient (Wildman–Crippen LogP) is 1.07. The van der Waals surface area contributed by atoms with Crippen molar-refractivity contribution in [1.82, 2.24) is 5.32 Å². The largest absolute Gasteiger partial charge is 0.351 e. The third-order valence-corrected chi connectivity index (χ3v) is 2.09. The molecule has 1 aliphatic rings. The van der Waals surface area contributed by atoms with Gasteiger partial charge in [0, 0.05) is 5.69 Å². The van der Waals surface area contributed by atoms with Crippen molar-refractivity contribution in [3.05, 3.63) is 29.8 Å². The fourth-order valence-corrected chi connectivity index (χ4v) is 1.33. The molecule has 0 atom stereocenters. The molecule has 0 spiro atoms. The van der Waals surface area contributed by atoms with Crippen LogP contribution in [0.1, 0.15) is 5.56 Å². The summed E-state index contributed by atoms with van der Waals surface area (Å²) in [6, 6.07) is 6.93. The van der Waals surface area contributed by atoms with E-state index in [2.05, 4.69) is 5.32 Å². The molecule has 2 rings (SSSR count). The molecule has 71 valence electrons. The Morgan fingerprint density at radius 1 is 1.21 bits per heavy atom. The molecule has 3 amide bonds. The monoisotopic (exact) mass is 189 g/mol. The number of hydrogen-bond donors (Lipinski definition) is 0. The number of aryl methyl sites for hydroxylation is 1. The normalized spacial score (nSPS) is 15.9. The molecule has 1 fully saturated rings. The number of hydrogen-bond acceptors (Lipinski definition) is 2. The summed E-state index contributed by atoms with van der Waals surface area (Å²) < 4.78 is 0. The Bertz CT molecular complexity index is 384. The number of imide groups is 1. The number of nitrogens with zero attached hydrogens (tertiary/aromatic N) is 2. The second kappa shape index (κ2) is 3.14. The van der Waals surface area contributed by atoms with E-state index in [4.69, 9.17) is 0 Å². The van der Waals surface area contributed by atoms with Gasteiger partial charge < -0.3 is 0 Å². The van der Waals surface area contributed by atoms with Gasteiger partial charge in [-0.05, 0) is 19.1 Å². The Labute approximate surface area is 81.5 Å². The van der Waals surface area contributed by atoms with Gasteiger partial charge >= 0.3 is 6.03 Å². The quantitative estimate of drug-likeness (QED) is 0.620. The third-order valence-electron chi connectivity index (χ3n) is 2.09. The number of urea groups is 1. The van der Waals surface area contributed by atoms with Crippen LogP contribution in [-0.2, 0) is 4.79 Å². The number of anilines is 1. The van der Waals surface area contributed by atoms with Gasteiger partial charge in [0.2, 0.25) is 0 Å². The molecule has 0 aromatic heterocycles. The summed E-state index contributed by atoms with van der Waals surface area (Å²) >= 11 is 0. The van der Waals surface area contributed by atoms with Crippen molar-refractivity contribution >= 4 is 17.6 Å². The van der Waals surface area contributed by atoms with Crippen LogP contribution < -0.4 is 10.2 Å². The molecule has 1 radical (unpaired) electrons. The fraction of sp³-hybridized carbons (Fsp3) is 0.200. The van der Waals surface area contributed by atoms with Gasteiger partial charge in [-0.15, -0.1) is 0 Å². The van der Waals surface area contributed by atoms with E-state index in [1.807, 2.05) is 19.1 Å². The van der Waals surface area contributed by atoms with Crippen LogP contribution in [0.25, 0.3) is 0 Å². The molecule has 0 N–H and O–H groups in total. The van der Waals surface area contributed by atoms with E-state index in [1.165, 1.54) is 4.90 Å². The highest BCUT2D eigenvalue weighted by molar-refractivity contribution is 6.11. The molecule has 0 bridgehead atoms. The van der Waals surface area contributed by atoms with E-state index in [-0.39, 0.29) is 12.5 Å². The lowest BCUT2D eigenvalue weighted by Gasteiger charge is -2.12. The van der Waals surface area contributed by atoms with E-state index >= 15 is 0 Å². The van der Waals surface area contributed by atoms with Gasteiger partial charge in [0.1, 0.15) is 6.54 Å². The van der Waals surface area contributed by atoms with Gasteiger partial charge in [-0.3, -0.25) is 9.69 Å². The van der Waals surface area contributed by atoms with Crippen LogP contribution in [-0.4, -0.2) is 18.5 Å². The van der Waals surface area contributed by atoms with Crippen LogP contribution in [0, 0.1) is 6.92 Å². The van der Waals surface area contributed by atoms with E-state index in [1.54, 1.807) is 12.1 Å². The molecule has 1 aromatic carbocycles. The van der Waals surface area contributed by atoms with E-state index < -0.39 is 6.03 Å². The van der Waals surface area contributed by atoms with Crippen LogP contribution in [0.3, 0.4) is 0 Å². The van der Waals surface area contributed by atoms with Crippen molar-refractivity contribution in [2.24, 2.45) is 0 Å². The highest BCUT2D eigenvalue weighted by Gasteiger charge is 2.29. The van der Waals surface area contributed by atoms with Crippen molar-refractivity contribution in [2.45, 2.75) is 6.92 Å². The predicted molar refractivity (Wildman–Crippen MR) is 51.1 cm³/mol. The minimum Gasteiger partial charge on any atom is -0.283 e. The lowest BCUT2D eigenvalue weighted by Crippen LogP contribution is -2.25. The first kappa shape index (κ1) is 8.74. The van der Waals surface area contributed by atoms with Crippen LogP contribution in [0.15, 0.2) is 24.3 Å². The van der Waals surface area contributed by atoms with Gasteiger partial charge in [0.15, 0.2) is 0 Å². The number of rotatable bonds is 1. The first-order chi connectivity index (χ1) is 6.66. The summed E-state index contributed by atoms with van der Waals surface area (Å²) in [4.78, 5) is 23.4. The highest BCUT2D eigenvalue weighted by atomic mass is 16.2. The zero-order chi connectivity index (χ0) is 10.1. The summed E-state index contributed by atoms with van der Waals surface area (Å²) in [5.74, 6) is -0.379. The Morgan fingerprint density at radius 2 is 1.86 bits per heavy atom. The van der Waals surface area contributed by atoms with Gasteiger partial charge in [-0.25, -0.2) is 4.79 Å². The second-order valence-corrected chi connectivity index (χ2v) is 3.21. The van der Waals surface area contributed by atoms with Crippen LogP contribution in [0.4, 0.5) is 10.5 Å². The van der Waals surface area contributed by atoms with Crippen LogP contribution >= 0.6 is 0 Å². The third kappa shape index (κ3) is 1.46. The van der Waals surface area contributed by atoms with E-state index in [0.29, 0.717) is 0 Å². The Balaban J connectivity index is 2.27. The van der Waals surface area contributed by atoms with Crippen molar-refractivity contribution in [1.29, 1.82) is 0 Å². The first-order valence-electron chi connectivity index (χ1n) is 4.29. The Hall–Kier alpha value is -1.84. The number of carbonyl (C=O) groups is 2. The number of benzene rings is 1. The minimum atomic E-state index is -0.473. The van der Waals surface area contributed by atoms with Gasteiger partial charge in [-0.2, -0.15) is 5.32 Å². The van der Waals surface area contributed by atoms with Gasteiger partial charge in [-0.1, -0.05) is 17.7 Å². The fourth-order valence-electron chi connectivity index (χ4n) is 1.33. The molecular weight excluding hydrogens is 180 g/mol. The SMILES string of the molecule is Cc1ccc(N2CC(=O)[N]C2=O)cc1. The van der Waals surface area contributed by atoms with E-state index in [9.17, 15) is 9.59 Å². The highest BCUT2D eigenvalue weighted by Crippen LogP contribution is 2.17. The first-order valence-corrected chi connectivity index (χ1v) is 4.29. The molecule has 1 aliphatic heterocycles. The maximum absolute atomic E-state index is 11.2. The number of carbonyl (C=O) groups excluding carboxylic acids is 2. The Morgan fingerprint density at radius 3 is 2.36 bits per heavy atom. The molecule has 0 saturated carbocycles. The standard InChI is InChI=1S/C10H9N2O2/c1-7-2-4-8(5-3-7)12-6-9(13)11-10(12)14/h2-5H,6H2,1H3. The summed E-state index contributed by atoms with van der Waals surface area (Å²) in [6.07, 6.45) is 0. The lowest BCUT2D eigenvalue weighted by atomic mass is 10.2. The summed E-state index contributed by atoms with van der Waals surface area (Å²) in [5.41, 5.74) is 1.83. The maximum atomic E-state index is 11.2. The molecule has 1 heterocycles. The average molecular weight is 189 g/mol. The summed E-state index contributed by atoms with van der Waals surface area (Å²) in [6.45, 7) is 2.02. The van der Waals surface area contributed by atoms with Crippen LogP contribution in [0.2, 0.25) is 0 Å². The lowest BCUT2D eigenvalue weighted by molar-refractivity contribution is -0.117. The van der Waals surface area contributed by atoms with Gasteiger partial charge in [0.25, 0.3) is 5.91 Å². The molecule has 0 aliphatic carbocycles. The smallest absolute Gasteiger partial charge is 0.283 e. The van der Waals surface area contributed by atoms with Crippen molar-refractivity contribution in [3.8, 4) is 0 Å². The Kier molecular flexibility index (Phi) is 1.96. The van der Waals surface area contributed by atoms with Gasteiger partial charge in [0.05, 0.1) is 0 Å². The summed E-state index contributed by atoms with van der Waals surface area (Å²) in [5, 5.41) is 3.32. The maximum Gasteiger partial charge on any atom is 0.351 e. The molecule has 0 unspecified atom stereocenters. The molecule has 4 heteroatoms. The molecular formula is C10H9N2O2. The van der Waals surface area contributed by atoms with Crippen molar-refractivity contribution < 1.29 is 9.59 Å². The number of amides is 3.